The first-order valence-corrected chi connectivity index (χ1v) is 7.34. The molecule has 1 aromatic carbocycles. The summed E-state index contributed by atoms with van der Waals surface area (Å²) in [7, 11) is 0. The van der Waals surface area contributed by atoms with Crippen molar-refractivity contribution in [2.24, 2.45) is 0 Å². The number of carbonyl (C=O) groups is 1. The van der Waals surface area contributed by atoms with Gasteiger partial charge in [-0.3, -0.25) is 4.57 Å². The van der Waals surface area contributed by atoms with Crippen molar-refractivity contribution in [1.82, 2.24) is 9.55 Å². The summed E-state index contributed by atoms with van der Waals surface area (Å²) in [5, 5.41) is 12.9. The number of benzene rings is 1. The third-order valence-electron chi connectivity index (χ3n) is 3.15. The van der Waals surface area contributed by atoms with E-state index in [9.17, 15) is 4.79 Å². The van der Waals surface area contributed by atoms with Crippen molar-refractivity contribution in [1.29, 1.82) is 0 Å². The molecule has 0 radical (unpaired) electrons. The Kier molecular flexibility index (Phi) is 3.23. The van der Waals surface area contributed by atoms with Gasteiger partial charge in [-0.25, -0.2) is 9.78 Å². The lowest BCUT2D eigenvalue weighted by molar-refractivity contribution is 0.0691. The Morgan fingerprint density at radius 2 is 2.30 bits per heavy atom. The first-order valence-electron chi connectivity index (χ1n) is 6.09. The van der Waals surface area contributed by atoms with E-state index in [1.807, 2.05) is 29.0 Å². The number of thiazole rings is 1. The molecule has 0 bridgehead atoms. The van der Waals surface area contributed by atoms with Gasteiger partial charge in [-0.15, -0.1) is 11.3 Å². The summed E-state index contributed by atoms with van der Waals surface area (Å²) >= 11 is 7.37. The van der Waals surface area contributed by atoms with E-state index in [2.05, 4.69) is 11.9 Å². The van der Waals surface area contributed by atoms with Crippen LogP contribution >= 0.6 is 22.9 Å². The van der Waals surface area contributed by atoms with Gasteiger partial charge in [0.1, 0.15) is 0 Å². The van der Waals surface area contributed by atoms with Gasteiger partial charge in [-0.05, 0) is 24.1 Å². The minimum atomic E-state index is -1.02. The standard InChI is InChI=1S/C14H11ClN2O2S/c1-2-8-6-17(12-5-9(15)3-4-10(8)12)14-16-11(7-20-14)13(18)19/h3-7H,2H2,1H3,(H,18,19). The number of aromatic nitrogens is 2. The molecule has 2 heterocycles. The molecule has 0 amide bonds. The third-order valence-corrected chi connectivity index (χ3v) is 4.22. The van der Waals surface area contributed by atoms with E-state index in [-0.39, 0.29) is 5.69 Å². The number of carboxylic acids is 1. The van der Waals surface area contributed by atoms with Crippen molar-refractivity contribution in [3.05, 3.63) is 46.1 Å². The van der Waals surface area contributed by atoms with Crippen LogP contribution in [0.5, 0.6) is 0 Å². The predicted octanol–water partition coefficient (Wildman–Crippen LogP) is 4.00. The number of aryl methyl sites for hydroxylation is 1. The van der Waals surface area contributed by atoms with Crippen molar-refractivity contribution in [3.63, 3.8) is 0 Å². The van der Waals surface area contributed by atoms with E-state index in [1.54, 1.807) is 5.38 Å². The second-order valence-electron chi connectivity index (χ2n) is 4.36. The summed E-state index contributed by atoms with van der Waals surface area (Å²) in [4.78, 5) is 15.1. The van der Waals surface area contributed by atoms with Crippen LogP contribution in [0.1, 0.15) is 23.0 Å². The normalized spacial score (nSPS) is 11.1. The molecule has 102 valence electrons. The molecule has 4 nitrogen and oxygen atoms in total. The minimum Gasteiger partial charge on any atom is -0.476 e. The molecule has 6 heteroatoms. The summed E-state index contributed by atoms with van der Waals surface area (Å²) in [5.74, 6) is -1.02. The van der Waals surface area contributed by atoms with Crippen LogP contribution in [0, 0.1) is 0 Å². The second kappa shape index (κ2) is 4.92. The van der Waals surface area contributed by atoms with Crippen LogP contribution in [-0.2, 0) is 6.42 Å². The lowest BCUT2D eigenvalue weighted by atomic mass is 10.1. The van der Waals surface area contributed by atoms with Crippen LogP contribution in [0.2, 0.25) is 5.02 Å². The summed E-state index contributed by atoms with van der Waals surface area (Å²) in [6, 6.07) is 5.72. The van der Waals surface area contributed by atoms with Gasteiger partial charge >= 0.3 is 5.97 Å². The summed E-state index contributed by atoms with van der Waals surface area (Å²) in [5.41, 5.74) is 2.19. The number of halogens is 1. The monoisotopic (exact) mass is 306 g/mol. The Balaban J connectivity index is 2.24. The molecule has 0 saturated carbocycles. The number of rotatable bonds is 3. The zero-order valence-electron chi connectivity index (χ0n) is 10.6. The van der Waals surface area contributed by atoms with Gasteiger partial charge in [0.15, 0.2) is 10.8 Å². The predicted molar refractivity (Wildman–Crippen MR) is 80.3 cm³/mol. The molecule has 20 heavy (non-hydrogen) atoms. The van der Waals surface area contributed by atoms with Crippen LogP contribution in [0.3, 0.4) is 0 Å². The highest BCUT2D eigenvalue weighted by Gasteiger charge is 2.14. The maximum atomic E-state index is 10.9. The first kappa shape index (κ1) is 13.1. The fourth-order valence-corrected chi connectivity index (χ4v) is 3.14. The number of hydrogen-bond donors (Lipinski definition) is 1. The minimum absolute atomic E-state index is 0.0620. The molecule has 3 aromatic rings. The molecular weight excluding hydrogens is 296 g/mol. The van der Waals surface area contributed by atoms with Crippen molar-refractivity contribution >= 4 is 39.8 Å². The first-order chi connectivity index (χ1) is 9.60. The van der Waals surface area contributed by atoms with E-state index in [0.717, 1.165) is 17.3 Å². The topological polar surface area (TPSA) is 55.1 Å². The van der Waals surface area contributed by atoms with Crippen LogP contribution in [-0.4, -0.2) is 20.6 Å². The Labute approximate surface area is 124 Å². The third kappa shape index (κ3) is 2.09. The number of carboxylic acid groups (broad SMARTS) is 1. The smallest absolute Gasteiger partial charge is 0.355 e. The van der Waals surface area contributed by atoms with E-state index in [4.69, 9.17) is 16.7 Å². The highest BCUT2D eigenvalue weighted by molar-refractivity contribution is 7.12. The molecule has 0 aliphatic rings. The van der Waals surface area contributed by atoms with Gasteiger partial charge in [0.2, 0.25) is 0 Å². The average Bonchev–Trinajstić information content (AvgIpc) is 3.01. The molecule has 0 spiro atoms. The van der Waals surface area contributed by atoms with Gasteiger partial charge in [0.05, 0.1) is 5.52 Å². The molecule has 0 saturated heterocycles. The molecule has 0 atom stereocenters. The van der Waals surface area contributed by atoms with Crippen molar-refractivity contribution < 1.29 is 9.90 Å². The Bertz CT molecular complexity index is 807. The van der Waals surface area contributed by atoms with Crippen molar-refractivity contribution in [3.8, 4) is 5.13 Å². The largest absolute Gasteiger partial charge is 0.476 e. The zero-order valence-corrected chi connectivity index (χ0v) is 12.2. The van der Waals surface area contributed by atoms with Gasteiger partial charge in [0, 0.05) is 22.0 Å². The van der Waals surface area contributed by atoms with Gasteiger partial charge in [-0.1, -0.05) is 24.6 Å². The fraction of sp³-hybridized carbons (Fsp3) is 0.143. The number of fused-ring (bicyclic) bond motifs is 1. The van der Waals surface area contributed by atoms with Crippen LogP contribution in [0.15, 0.2) is 29.8 Å². The Hall–Kier alpha value is -1.85. The maximum absolute atomic E-state index is 10.9. The number of hydrogen-bond acceptors (Lipinski definition) is 3. The van der Waals surface area contributed by atoms with E-state index >= 15 is 0 Å². The lowest BCUT2D eigenvalue weighted by Gasteiger charge is -2.00. The highest BCUT2D eigenvalue weighted by atomic mass is 35.5. The molecule has 2 aromatic heterocycles. The van der Waals surface area contributed by atoms with Crippen LogP contribution in [0.4, 0.5) is 0 Å². The molecule has 0 unspecified atom stereocenters. The van der Waals surface area contributed by atoms with Gasteiger partial charge in [-0.2, -0.15) is 0 Å². The summed E-state index contributed by atoms with van der Waals surface area (Å²) in [6.45, 7) is 2.08. The summed E-state index contributed by atoms with van der Waals surface area (Å²) in [6.07, 6.45) is 2.88. The Morgan fingerprint density at radius 1 is 1.50 bits per heavy atom. The zero-order chi connectivity index (χ0) is 14.3. The molecular formula is C14H11ClN2O2S. The van der Waals surface area contributed by atoms with Gasteiger partial charge < -0.3 is 5.11 Å². The molecule has 1 N–H and O–H groups in total. The van der Waals surface area contributed by atoms with Gasteiger partial charge in [0.25, 0.3) is 0 Å². The number of nitrogens with zero attached hydrogens (tertiary/aromatic N) is 2. The lowest BCUT2D eigenvalue weighted by Crippen LogP contribution is -1.98. The Morgan fingerprint density at radius 3 is 2.95 bits per heavy atom. The molecule has 0 aliphatic carbocycles. The SMILES string of the molecule is CCc1cn(-c2nc(C(=O)O)cs2)c2cc(Cl)ccc12. The number of aromatic carboxylic acids is 1. The molecule has 0 fully saturated rings. The maximum Gasteiger partial charge on any atom is 0.355 e. The molecule has 3 rings (SSSR count). The average molecular weight is 307 g/mol. The van der Waals surface area contributed by atoms with E-state index < -0.39 is 5.97 Å². The fourth-order valence-electron chi connectivity index (χ4n) is 2.18. The van der Waals surface area contributed by atoms with Crippen LogP contribution in [0.25, 0.3) is 16.0 Å². The molecule has 0 aliphatic heterocycles. The van der Waals surface area contributed by atoms with Crippen molar-refractivity contribution in [2.45, 2.75) is 13.3 Å². The highest BCUT2D eigenvalue weighted by Crippen LogP contribution is 2.29. The van der Waals surface area contributed by atoms with Crippen molar-refractivity contribution in [2.75, 3.05) is 0 Å². The van der Waals surface area contributed by atoms with Crippen LogP contribution < -0.4 is 0 Å². The van der Waals surface area contributed by atoms with E-state index in [1.165, 1.54) is 16.9 Å². The quantitative estimate of drug-likeness (QED) is 0.795. The second-order valence-corrected chi connectivity index (χ2v) is 5.63. The summed E-state index contributed by atoms with van der Waals surface area (Å²) < 4.78 is 1.90. The van der Waals surface area contributed by atoms with E-state index in [0.29, 0.717) is 10.2 Å².